The Kier molecular flexibility index (Phi) is 8.66. The van der Waals surface area contributed by atoms with Crippen molar-refractivity contribution in [3.63, 3.8) is 0 Å². The number of methoxy groups -OCH3 is 1. The van der Waals surface area contributed by atoms with Gasteiger partial charge in [-0.2, -0.15) is 0 Å². The van der Waals surface area contributed by atoms with Gasteiger partial charge in [-0.1, -0.05) is 41.9 Å². The number of hydrogen-bond acceptors (Lipinski definition) is 6. The van der Waals surface area contributed by atoms with Crippen LogP contribution in [0.4, 0.5) is 0 Å². The molecule has 2 atom stereocenters. The Balaban J connectivity index is 1.48. The van der Waals surface area contributed by atoms with Crippen LogP contribution in [-0.4, -0.2) is 48.9 Å². The molecule has 2 unspecified atom stereocenters. The fourth-order valence-corrected chi connectivity index (χ4v) is 4.36. The van der Waals surface area contributed by atoms with Crippen molar-refractivity contribution in [2.75, 3.05) is 26.9 Å². The van der Waals surface area contributed by atoms with Gasteiger partial charge < -0.3 is 19.3 Å². The lowest BCUT2D eigenvalue weighted by molar-refractivity contribution is -0.139. The van der Waals surface area contributed by atoms with Crippen LogP contribution >= 0.6 is 11.6 Å². The number of halogens is 1. The standard InChI is InChI=1S/C28H28ClNO7/c1-3-36-30(17-26(34-2)18-7-5-4-6-8-18)27(31)19-9-11-20(12-10-19)37-25-16-24-22(15-23(25)29)21(28(32)33)13-14-35-24/h4-12,15-16,21,26H,3,13-14,17H2,1-2H3,(H,32,33). The largest absolute Gasteiger partial charge is 0.493 e. The Hall–Kier alpha value is -3.59. The number of carbonyl (C=O) groups is 2. The van der Waals surface area contributed by atoms with E-state index < -0.39 is 11.9 Å². The van der Waals surface area contributed by atoms with Crippen molar-refractivity contribution in [1.82, 2.24) is 5.06 Å². The van der Waals surface area contributed by atoms with Gasteiger partial charge in [-0.15, -0.1) is 0 Å². The summed E-state index contributed by atoms with van der Waals surface area (Å²) in [6.07, 6.45) is 0.0252. The molecule has 0 aromatic heterocycles. The molecule has 0 saturated heterocycles. The minimum Gasteiger partial charge on any atom is -0.493 e. The summed E-state index contributed by atoms with van der Waals surface area (Å²) in [6.45, 7) is 2.64. The fraction of sp³-hybridized carbons (Fsp3) is 0.286. The van der Waals surface area contributed by atoms with Crippen LogP contribution in [0, 0.1) is 0 Å². The zero-order valence-electron chi connectivity index (χ0n) is 20.6. The molecule has 8 nitrogen and oxygen atoms in total. The van der Waals surface area contributed by atoms with Crippen molar-refractivity contribution < 1.29 is 33.7 Å². The number of ether oxygens (including phenoxy) is 3. The molecule has 1 heterocycles. The van der Waals surface area contributed by atoms with Crippen molar-refractivity contribution in [3.05, 3.63) is 88.4 Å². The third-order valence-corrected chi connectivity index (χ3v) is 6.33. The maximum absolute atomic E-state index is 13.2. The monoisotopic (exact) mass is 525 g/mol. The van der Waals surface area contributed by atoms with Crippen LogP contribution in [0.25, 0.3) is 0 Å². The molecule has 1 aliphatic heterocycles. The number of fused-ring (bicyclic) bond motifs is 1. The highest BCUT2D eigenvalue weighted by atomic mass is 35.5. The van der Waals surface area contributed by atoms with Gasteiger partial charge >= 0.3 is 5.97 Å². The van der Waals surface area contributed by atoms with Crippen molar-refractivity contribution in [2.24, 2.45) is 0 Å². The Bertz CT molecular complexity index is 1230. The highest BCUT2D eigenvalue weighted by Gasteiger charge is 2.29. The molecule has 37 heavy (non-hydrogen) atoms. The maximum Gasteiger partial charge on any atom is 0.311 e. The van der Waals surface area contributed by atoms with Gasteiger partial charge in [-0.05, 0) is 49.2 Å². The number of carbonyl (C=O) groups excluding carboxylic acids is 1. The molecule has 0 bridgehead atoms. The number of aliphatic carboxylic acids is 1. The highest BCUT2D eigenvalue weighted by molar-refractivity contribution is 6.32. The van der Waals surface area contributed by atoms with E-state index in [4.69, 9.17) is 30.6 Å². The van der Waals surface area contributed by atoms with Crippen LogP contribution < -0.4 is 9.47 Å². The number of carboxylic acids is 1. The number of rotatable bonds is 10. The van der Waals surface area contributed by atoms with Crippen LogP contribution in [0.15, 0.2) is 66.7 Å². The van der Waals surface area contributed by atoms with E-state index in [1.54, 1.807) is 43.5 Å². The lowest BCUT2D eigenvalue weighted by Gasteiger charge is -2.26. The first kappa shape index (κ1) is 26.5. The first-order chi connectivity index (χ1) is 17.9. The molecule has 0 fully saturated rings. The van der Waals surface area contributed by atoms with Crippen LogP contribution in [0.5, 0.6) is 17.2 Å². The average Bonchev–Trinajstić information content (AvgIpc) is 2.91. The number of nitrogens with zero attached hydrogens (tertiary/aromatic N) is 1. The van der Waals surface area contributed by atoms with Crippen LogP contribution in [0.3, 0.4) is 0 Å². The van der Waals surface area contributed by atoms with E-state index in [2.05, 4.69) is 0 Å². The average molecular weight is 526 g/mol. The Labute approximate surface area is 220 Å². The summed E-state index contributed by atoms with van der Waals surface area (Å²) < 4.78 is 17.2. The molecule has 0 spiro atoms. The van der Waals surface area contributed by atoms with E-state index in [0.29, 0.717) is 48.0 Å². The molecule has 1 N–H and O–H groups in total. The number of carboxylic acid groups (broad SMARTS) is 1. The van der Waals surface area contributed by atoms with Crippen molar-refractivity contribution >= 4 is 23.5 Å². The van der Waals surface area contributed by atoms with E-state index in [9.17, 15) is 14.7 Å². The number of benzene rings is 3. The Morgan fingerprint density at radius 3 is 2.51 bits per heavy atom. The van der Waals surface area contributed by atoms with Crippen LogP contribution in [-0.2, 0) is 14.4 Å². The molecular weight excluding hydrogens is 498 g/mol. The number of hydroxylamine groups is 2. The molecule has 3 aromatic rings. The summed E-state index contributed by atoms with van der Waals surface area (Å²) in [4.78, 5) is 30.4. The first-order valence-corrected chi connectivity index (χ1v) is 12.3. The SMILES string of the molecule is CCON(CC(OC)c1ccccc1)C(=O)c1ccc(Oc2cc3c(cc2Cl)C(C(=O)O)CCO3)cc1. The highest BCUT2D eigenvalue weighted by Crippen LogP contribution is 2.41. The van der Waals surface area contributed by atoms with Gasteiger partial charge in [0.05, 0.1) is 30.7 Å². The molecular formula is C28H28ClNO7. The molecule has 0 radical (unpaired) electrons. The molecule has 4 rings (SSSR count). The summed E-state index contributed by atoms with van der Waals surface area (Å²) in [5.74, 6) is -0.697. The topological polar surface area (TPSA) is 94.5 Å². The summed E-state index contributed by atoms with van der Waals surface area (Å²) in [6, 6.07) is 19.4. The molecule has 1 aliphatic rings. The predicted molar refractivity (Wildman–Crippen MR) is 137 cm³/mol. The van der Waals surface area contributed by atoms with Gasteiger partial charge in [0.25, 0.3) is 5.91 Å². The summed E-state index contributed by atoms with van der Waals surface area (Å²) in [5.41, 5.74) is 1.87. The van der Waals surface area contributed by atoms with Gasteiger partial charge in [0.1, 0.15) is 23.4 Å². The summed E-state index contributed by atoms with van der Waals surface area (Å²) in [5, 5.41) is 11.0. The van der Waals surface area contributed by atoms with Gasteiger partial charge in [0, 0.05) is 24.3 Å². The van der Waals surface area contributed by atoms with Gasteiger partial charge in [0.2, 0.25) is 0 Å². The van der Waals surface area contributed by atoms with Crippen LogP contribution in [0.1, 0.15) is 46.9 Å². The quantitative estimate of drug-likeness (QED) is 0.331. The second-order valence-corrected chi connectivity index (χ2v) is 8.80. The van der Waals surface area contributed by atoms with Crippen LogP contribution in [0.2, 0.25) is 5.02 Å². The molecule has 3 aromatic carbocycles. The second kappa shape index (κ2) is 12.1. The maximum atomic E-state index is 13.2. The zero-order chi connectivity index (χ0) is 26.4. The lowest BCUT2D eigenvalue weighted by atomic mass is 9.93. The van der Waals surface area contributed by atoms with Gasteiger partial charge in [-0.3, -0.25) is 14.4 Å². The third kappa shape index (κ3) is 6.22. The minimum atomic E-state index is -0.920. The first-order valence-electron chi connectivity index (χ1n) is 11.9. The number of hydrogen-bond donors (Lipinski definition) is 1. The third-order valence-electron chi connectivity index (χ3n) is 6.03. The normalized spacial score (nSPS) is 15.3. The second-order valence-electron chi connectivity index (χ2n) is 8.39. The van der Waals surface area contributed by atoms with E-state index >= 15 is 0 Å². The lowest BCUT2D eigenvalue weighted by Crippen LogP contribution is -2.35. The van der Waals surface area contributed by atoms with E-state index in [1.165, 1.54) is 5.06 Å². The molecule has 1 amide bonds. The zero-order valence-corrected chi connectivity index (χ0v) is 21.3. The Morgan fingerprint density at radius 1 is 1.14 bits per heavy atom. The minimum absolute atomic E-state index is 0.216. The Morgan fingerprint density at radius 2 is 1.86 bits per heavy atom. The van der Waals surface area contributed by atoms with Gasteiger partial charge in [-0.25, -0.2) is 5.06 Å². The van der Waals surface area contributed by atoms with Crippen molar-refractivity contribution in [2.45, 2.75) is 25.4 Å². The summed E-state index contributed by atoms with van der Waals surface area (Å²) in [7, 11) is 1.59. The van der Waals surface area contributed by atoms with E-state index in [1.807, 2.05) is 37.3 Å². The predicted octanol–water partition coefficient (Wildman–Crippen LogP) is 5.86. The molecule has 194 valence electrons. The fourth-order valence-electron chi connectivity index (χ4n) is 4.15. The molecule has 0 aliphatic carbocycles. The summed E-state index contributed by atoms with van der Waals surface area (Å²) >= 11 is 6.39. The smallest absolute Gasteiger partial charge is 0.311 e. The number of amides is 1. The van der Waals surface area contributed by atoms with Crippen molar-refractivity contribution in [1.29, 1.82) is 0 Å². The molecule has 0 saturated carbocycles. The molecule has 9 heteroatoms. The van der Waals surface area contributed by atoms with E-state index in [-0.39, 0.29) is 23.6 Å². The van der Waals surface area contributed by atoms with E-state index in [0.717, 1.165) is 5.56 Å². The van der Waals surface area contributed by atoms with Gasteiger partial charge in [0.15, 0.2) is 0 Å². The van der Waals surface area contributed by atoms with Crippen molar-refractivity contribution in [3.8, 4) is 17.2 Å².